The van der Waals surface area contributed by atoms with Gasteiger partial charge in [-0.3, -0.25) is 4.57 Å². The van der Waals surface area contributed by atoms with Gasteiger partial charge in [0, 0.05) is 13.1 Å². The quantitative estimate of drug-likeness (QED) is 0.923. The number of aryl methyl sites for hydroxylation is 2. The van der Waals surface area contributed by atoms with Crippen molar-refractivity contribution < 1.29 is 0 Å². The lowest BCUT2D eigenvalue weighted by molar-refractivity contribution is 0.444. The Hall–Kier alpha value is -1.52. The summed E-state index contributed by atoms with van der Waals surface area (Å²) in [5.74, 6) is 2.22. The maximum Gasteiger partial charge on any atom is 0.202 e. The number of nitrogen functional groups attached to an aromatic ring is 1. The van der Waals surface area contributed by atoms with E-state index in [2.05, 4.69) is 28.5 Å². The molecule has 5 nitrogen and oxygen atoms in total. The van der Waals surface area contributed by atoms with Gasteiger partial charge < -0.3 is 5.73 Å². The fourth-order valence-electron chi connectivity index (χ4n) is 3.39. The first-order valence-electron chi connectivity index (χ1n) is 7.29. The van der Waals surface area contributed by atoms with Gasteiger partial charge in [-0.05, 0) is 38.5 Å². The van der Waals surface area contributed by atoms with Crippen molar-refractivity contribution in [2.45, 2.75) is 53.1 Å². The molecule has 0 aliphatic heterocycles. The molecule has 0 aromatic carbocycles. The summed E-state index contributed by atoms with van der Waals surface area (Å²) in [6, 6.07) is 0. The molecule has 0 radical (unpaired) electrons. The summed E-state index contributed by atoms with van der Waals surface area (Å²) in [6.45, 7) is 8.29. The number of aromatic nitrogens is 4. The summed E-state index contributed by atoms with van der Waals surface area (Å²) in [5.41, 5.74) is 9.15. The van der Waals surface area contributed by atoms with E-state index < -0.39 is 0 Å². The van der Waals surface area contributed by atoms with Crippen molar-refractivity contribution in [3.8, 4) is 0 Å². The van der Waals surface area contributed by atoms with Gasteiger partial charge in [-0.25, -0.2) is 9.67 Å². The summed E-state index contributed by atoms with van der Waals surface area (Å²) in [6.07, 6.45) is 3.95. The lowest BCUT2D eigenvalue weighted by Crippen LogP contribution is -2.13. The number of hydrogen-bond acceptors (Lipinski definition) is 3. The van der Waals surface area contributed by atoms with Gasteiger partial charge in [-0.1, -0.05) is 13.3 Å². The molecule has 0 saturated heterocycles. The molecule has 0 amide bonds. The largest absolute Gasteiger partial charge is 0.369 e. The highest BCUT2D eigenvalue weighted by molar-refractivity contribution is 5.77. The van der Waals surface area contributed by atoms with E-state index in [1.807, 2.05) is 11.6 Å². The topological polar surface area (TPSA) is 61.7 Å². The first-order chi connectivity index (χ1) is 9.10. The molecule has 3 rings (SSSR count). The average molecular weight is 261 g/mol. The Bertz CT molecular complexity index is 595. The number of fused-ring (bicyclic) bond motifs is 1. The Morgan fingerprint density at radius 2 is 2.16 bits per heavy atom. The maximum atomic E-state index is 6.11. The zero-order chi connectivity index (χ0) is 13.6. The molecule has 2 N–H and O–H groups in total. The van der Waals surface area contributed by atoms with E-state index in [1.165, 1.54) is 19.3 Å². The lowest BCUT2D eigenvalue weighted by Gasteiger charge is -2.13. The van der Waals surface area contributed by atoms with Crippen LogP contribution in [0.4, 0.5) is 5.95 Å². The lowest BCUT2D eigenvalue weighted by atomic mass is 10.1. The summed E-state index contributed by atoms with van der Waals surface area (Å²) in [7, 11) is 0. The summed E-state index contributed by atoms with van der Waals surface area (Å²) < 4.78 is 4.19. The number of anilines is 1. The Balaban J connectivity index is 1.99. The first kappa shape index (κ1) is 12.5. The highest BCUT2D eigenvalue weighted by Crippen LogP contribution is 2.33. The van der Waals surface area contributed by atoms with E-state index in [0.29, 0.717) is 5.95 Å². The van der Waals surface area contributed by atoms with E-state index in [-0.39, 0.29) is 0 Å². The third-order valence-corrected chi connectivity index (χ3v) is 4.37. The third kappa shape index (κ3) is 2.01. The van der Waals surface area contributed by atoms with Gasteiger partial charge in [-0.15, -0.1) is 0 Å². The summed E-state index contributed by atoms with van der Waals surface area (Å²) in [5, 5.41) is 4.54. The zero-order valence-electron chi connectivity index (χ0n) is 12.1. The third-order valence-electron chi connectivity index (χ3n) is 4.37. The predicted octanol–water partition coefficient (Wildman–Crippen LogP) is 2.58. The van der Waals surface area contributed by atoms with Crippen LogP contribution in [0.25, 0.3) is 11.2 Å². The Morgan fingerprint density at radius 3 is 2.79 bits per heavy atom. The molecule has 1 fully saturated rings. The highest BCUT2D eigenvalue weighted by Gasteiger charge is 2.24. The molecule has 1 aliphatic carbocycles. The molecule has 1 aliphatic rings. The van der Waals surface area contributed by atoms with Crippen molar-refractivity contribution in [1.82, 2.24) is 19.3 Å². The summed E-state index contributed by atoms with van der Waals surface area (Å²) in [4.78, 5) is 4.50. The minimum Gasteiger partial charge on any atom is -0.369 e. The van der Waals surface area contributed by atoms with Gasteiger partial charge in [0.05, 0.1) is 5.69 Å². The normalized spacial score (nSPS) is 23.5. The van der Waals surface area contributed by atoms with Gasteiger partial charge in [-0.2, -0.15) is 5.10 Å². The standard InChI is InChI=1S/C14H23N5/c1-4-19-13-12(10(3)17-19)16-14(15)18(13)8-11-6-5-9(2)7-11/h9,11H,4-8H2,1-3H3,(H2,15,16). The van der Waals surface area contributed by atoms with Crippen molar-refractivity contribution in [3.05, 3.63) is 5.69 Å². The van der Waals surface area contributed by atoms with Crippen molar-refractivity contribution in [2.75, 3.05) is 5.73 Å². The second-order valence-corrected chi connectivity index (χ2v) is 5.94. The molecule has 0 spiro atoms. The van der Waals surface area contributed by atoms with Crippen LogP contribution in [0.2, 0.25) is 0 Å². The monoisotopic (exact) mass is 261 g/mol. The molecular formula is C14H23N5. The van der Waals surface area contributed by atoms with Gasteiger partial charge in [0.25, 0.3) is 0 Å². The predicted molar refractivity (Wildman–Crippen MR) is 76.8 cm³/mol. The first-order valence-corrected chi connectivity index (χ1v) is 7.29. The molecular weight excluding hydrogens is 238 g/mol. The number of nitrogens with zero attached hydrogens (tertiary/aromatic N) is 4. The van der Waals surface area contributed by atoms with Crippen LogP contribution in [-0.2, 0) is 13.1 Å². The average Bonchev–Trinajstić information content (AvgIpc) is 3.00. The second-order valence-electron chi connectivity index (χ2n) is 5.94. The number of imidazole rings is 1. The van der Waals surface area contributed by atoms with Crippen LogP contribution in [0.5, 0.6) is 0 Å². The molecule has 19 heavy (non-hydrogen) atoms. The zero-order valence-corrected chi connectivity index (χ0v) is 12.1. The molecule has 2 aromatic rings. The molecule has 0 bridgehead atoms. The van der Waals surface area contributed by atoms with Crippen molar-refractivity contribution in [2.24, 2.45) is 11.8 Å². The smallest absolute Gasteiger partial charge is 0.202 e. The van der Waals surface area contributed by atoms with E-state index in [4.69, 9.17) is 5.73 Å². The van der Waals surface area contributed by atoms with Crippen LogP contribution in [0, 0.1) is 18.8 Å². The Kier molecular flexibility index (Phi) is 2.99. The van der Waals surface area contributed by atoms with Crippen LogP contribution in [0.15, 0.2) is 0 Å². The Labute approximate surface area is 113 Å². The second kappa shape index (κ2) is 4.54. The van der Waals surface area contributed by atoms with E-state index in [9.17, 15) is 0 Å². The SMILES string of the molecule is CCn1nc(C)c2nc(N)n(CC3CCC(C)C3)c21. The van der Waals surface area contributed by atoms with E-state index >= 15 is 0 Å². The minimum atomic E-state index is 0.636. The van der Waals surface area contributed by atoms with Crippen LogP contribution in [0.3, 0.4) is 0 Å². The van der Waals surface area contributed by atoms with Gasteiger partial charge in [0.2, 0.25) is 5.95 Å². The molecule has 2 unspecified atom stereocenters. The molecule has 104 valence electrons. The number of rotatable bonds is 3. The van der Waals surface area contributed by atoms with Crippen molar-refractivity contribution in [1.29, 1.82) is 0 Å². The maximum absolute atomic E-state index is 6.11. The van der Waals surface area contributed by atoms with Crippen LogP contribution in [0.1, 0.15) is 38.8 Å². The molecule has 2 heterocycles. The van der Waals surface area contributed by atoms with Gasteiger partial charge >= 0.3 is 0 Å². The number of nitrogens with two attached hydrogens (primary N) is 1. The van der Waals surface area contributed by atoms with Crippen LogP contribution in [-0.4, -0.2) is 19.3 Å². The van der Waals surface area contributed by atoms with E-state index in [1.54, 1.807) is 0 Å². The minimum absolute atomic E-state index is 0.636. The molecule has 1 saturated carbocycles. The Morgan fingerprint density at radius 1 is 1.37 bits per heavy atom. The van der Waals surface area contributed by atoms with Crippen molar-refractivity contribution in [3.63, 3.8) is 0 Å². The molecule has 2 aromatic heterocycles. The van der Waals surface area contributed by atoms with Crippen LogP contribution < -0.4 is 5.73 Å². The van der Waals surface area contributed by atoms with Crippen molar-refractivity contribution >= 4 is 17.1 Å². The molecule has 5 heteroatoms. The molecule has 2 atom stereocenters. The fourth-order valence-corrected chi connectivity index (χ4v) is 3.39. The van der Waals surface area contributed by atoms with Crippen LogP contribution >= 0.6 is 0 Å². The van der Waals surface area contributed by atoms with Gasteiger partial charge in [0.1, 0.15) is 5.52 Å². The fraction of sp³-hybridized carbons (Fsp3) is 0.714. The van der Waals surface area contributed by atoms with Gasteiger partial charge in [0.15, 0.2) is 5.65 Å². The van der Waals surface area contributed by atoms with E-state index in [0.717, 1.165) is 41.8 Å². The highest BCUT2D eigenvalue weighted by atomic mass is 15.4. The summed E-state index contributed by atoms with van der Waals surface area (Å²) >= 11 is 0. The number of hydrogen-bond donors (Lipinski definition) is 1.